The molecule has 0 radical (unpaired) electrons. The molecule has 1 fully saturated rings. The zero-order valence-electron chi connectivity index (χ0n) is 7.58. The van der Waals surface area contributed by atoms with Gasteiger partial charge in [0.05, 0.1) is 0 Å². The third kappa shape index (κ3) is 2.29. The van der Waals surface area contributed by atoms with E-state index < -0.39 is 0 Å². The first kappa shape index (κ1) is 9.68. The normalized spacial score (nSPS) is 30.2. The van der Waals surface area contributed by atoms with E-state index >= 15 is 0 Å². The molecule has 3 nitrogen and oxygen atoms in total. The van der Waals surface area contributed by atoms with Crippen LogP contribution in [0.4, 0.5) is 0 Å². The second kappa shape index (κ2) is 4.58. The minimum absolute atomic E-state index is 0.0544. The van der Waals surface area contributed by atoms with Gasteiger partial charge in [0.15, 0.2) is 5.78 Å². The molecular weight excluding hydrogens is 154 g/mol. The number of carbonyl (C=O) groups excluding carboxylic acids is 1. The first-order valence-corrected chi connectivity index (χ1v) is 4.53. The molecule has 2 N–H and O–H groups in total. The summed E-state index contributed by atoms with van der Waals surface area (Å²) in [5.74, 6) is 0.225. The van der Waals surface area contributed by atoms with Crippen molar-refractivity contribution in [2.45, 2.75) is 31.7 Å². The molecule has 1 rings (SSSR count). The maximum absolute atomic E-state index is 11.4. The van der Waals surface area contributed by atoms with Gasteiger partial charge < -0.3 is 10.5 Å². The van der Waals surface area contributed by atoms with Crippen LogP contribution in [-0.2, 0) is 9.53 Å². The van der Waals surface area contributed by atoms with E-state index in [4.69, 9.17) is 10.5 Å². The Balaban J connectivity index is 2.42. The van der Waals surface area contributed by atoms with Crippen LogP contribution in [0.15, 0.2) is 0 Å². The van der Waals surface area contributed by atoms with E-state index in [0.29, 0.717) is 0 Å². The molecule has 0 aromatic rings. The van der Waals surface area contributed by atoms with E-state index in [1.54, 1.807) is 7.11 Å². The summed E-state index contributed by atoms with van der Waals surface area (Å²) in [4.78, 5) is 11.4. The molecule has 0 amide bonds. The summed E-state index contributed by atoms with van der Waals surface area (Å²) in [5.41, 5.74) is 5.83. The minimum Gasteiger partial charge on any atom is -0.377 e. The van der Waals surface area contributed by atoms with Gasteiger partial charge in [-0.2, -0.15) is 0 Å². The van der Waals surface area contributed by atoms with Crippen LogP contribution in [0, 0.1) is 5.92 Å². The molecule has 0 heterocycles. The van der Waals surface area contributed by atoms with E-state index in [2.05, 4.69) is 0 Å². The predicted octanol–water partition coefficient (Wildman–Crippen LogP) is 0.719. The molecule has 0 aromatic heterocycles. The van der Waals surface area contributed by atoms with Gasteiger partial charge in [-0.15, -0.1) is 0 Å². The van der Waals surface area contributed by atoms with E-state index in [0.717, 1.165) is 25.7 Å². The molecule has 12 heavy (non-hydrogen) atoms. The Hall–Kier alpha value is -0.410. The maximum atomic E-state index is 11.4. The molecule has 1 aliphatic rings. The maximum Gasteiger partial charge on any atom is 0.163 e. The number of Topliss-reactive ketones (excluding diaryl/α,β-unsaturated/α-hetero) is 1. The van der Waals surface area contributed by atoms with Gasteiger partial charge in [0.1, 0.15) is 6.61 Å². The Labute approximate surface area is 73.3 Å². The van der Waals surface area contributed by atoms with Crippen molar-refractivity contribution in [2.24, 2.45) is 11.7 Å². The van der Waals surface area contributed by atoms with Gasteiger partial charge in [-0.25, -0.2) is 0 Å². The van der Waals surface area contributed by atoms with Gasteiger partial charge in [0, 0.05) is 19.1 Å². The Morgan fingerprint density at radius 2 is 2.17 bits per heavy atom. The average molecular weight is 171 g/mol. The van der Waals surface area contributed by atoms with Crippen molar-refractivity contribution in [3.63, 3.8) is 0 Å². The Morgan fingerprint density at radius 1 is 1.50 bits per heavy atom. The highest BCUT2D eigenvalue weighted by molar-refractivity contribution is 5.82. The zero-order valence-corrected chi connectivity index (χ0v) is 7.58. The molecule has 0 bridgehead atoms. The van der Waals surface area contributed by atoms with Crippen LogP contribution in [0.25, 0.3) is 0 Å². The summed E-state index contributed by atoms with van der Waals surface area (Å²) in [6, 6.07) is 0.0707. The van der Waals surface area contributed by atoms with Crippen molar-refractivity contribution in [2.75, 3.05) is 13.7 Å². The van der Waals surface area contributed by atoms with Crippen LogP contribution in [0.2, 0.25) is 0 Å². The van der Waals surface area contributed by atoms with Gasteiger partial charge in [-0.1, -0.05) is 12.8 Å². The highest BCUT2D eigenvalue weighted by Crippen LogP contribution is 2.23. The fourth-order valence-corrected chi connectivity index (χ4v) is 1.81. The topological polar surface area (TPSA) is 52.3 Å². The molecule has 1 saturated carbocycles. The van der Waals surface area contributed by atoms with Crippen molar-refractivity contribution in [3.8, 4) is 0 Å². The smallest absolute Gasteiger partial charge is 0.163 e. The third-order valence-electron chi connectivity index (χ3n) is 2.52. The molecule has 70 valence electrons. The summed E-state index contributed by atoms with van der Waals surface area (Å²) in [5, 5.41) is 0. The quantitative estimate of drug-likeness (QED) is 0.680. The lowest BCUT2D eigenvalue weighted by Crippen LogP contribution is -2.39. The van der Waals surface area contributed by atoms with E-state index in [1.165, 1.54) is 0 Å². The van der Waals surface area contributed by atoms with Crippen LogP contribution in [0.1, 0.15) is 25.7 Å². The molecule has 3 heteroatoms. The summed E-state index contributed by atoms with van der Waals surface area (Å²) in [7, 11) is 1.55. The zero-order chi connectivity index (χ0) is 8.97. The van der Waals surface area contributed by atoms with Gasteiger partial charge in [0.25, 0.3) is 0 Å². The van der Waals surface area contributed by atoms with Gasteiger partial charge in [-0.05, 0) is 12.8 Å². The number of ketones is 1. The molecule has 0 aliphatic heterocycles. The summed E-state index contributed by atoms with van der Waals surface area (Å²) >= 11 is 0. The molecule has 1 aliphatic carbocycles. The number of carbonyl (C=O) groups is 1. The molecule has 0 aromatic carbocycles. The number of methoxy groups -OCH3 is 1. The largest absolute Gasteiger partial charge is 0.377 e. The standard InChI is InChI=1S/C9H17NO2/c1-12-6-9(11)7-4-2-3-5-8(7)10/h7-8H,2-6,10H2,1H3. The second-order valence-electron chi connectivity index (χ2n) is 3.45. The SMILES string of the molecule is COCC(=O)C1CCCCC1N. The number of ether oxygens (including phenoxy) is 1. The van der Waals surface area contributed by atoms with Crippen molar-refractivity contribution in [1.82, 2.24) is 0 Å². The van der Waals surface area contributed by atoms with Crippen molar-refractivity contribution >= 4 is 5.78 Å². The lowest BCUT2D eigenvalue weighted by molar-refractivity contribution is -0.128. The fourth-order valence-electron chi connectivity index (χ4n) is 1.81. The highest BCUT2D eigenvalue weighted by Gasteiger charge is 2.27. The monoisotopic (exact) mass is 171 g/mol. The fraction of sp³-hybridized carbons (Fsp3) is 0.889. The Bertz CT molecular complexity index is 159. The van der Waals surface area contributed by atoms with Gasteiger partial charge in [0.2, 0.25) is 0 Å². The first-order valence-electron chi connectivity index (χ1n) is 4.53. The van der Waals surface area contributed by atoms with E-state index in [1.807, 2.05) is 0 Å². The van der Waals surface area contributed by atoms with Crippen molar-refractivity contribution < 1.29 is 9.53 Å². The summed E-state index contributed by atoms with van der Waals surface area (Å²) in [6.07, 6.45) is 4.23. The minimum atomic E-state index is 0.0544. The van der Waals surface area contributed by atoms with Crippen LogP contribution >= 0.6 is 0 Å². The summed E-state index contributed by atoms with van der Waals surface area (Å²) in [6.45, 7) is 0.221. The molecule has 0 saturated heterocycles. The Morgan fingerprint density at radius 3 is 2.75 bits per heavy atom. The lowest BCUT2D eigenvalue weighted by Gasteiger charge is -2.26. The number of hydrogen-bond donors (Lipinski definition) is 1. The van der Waals surface area contributed by atoms with Gasteiger partial charge >= 0.3 is 0 Å². The molecule has 0 spiro atoms. The molecule has 2 atom stereocenters. The lowest BCUT2D eigenvalue weighted by atomic mass is 9.82. The van der Waals surface area contributed by atoms with Crippen LogP contribution in [0.5, 0.6) is 0 Å². The van der Waals surface area contributed by atoms with Crippen molar-refractivity contribution in [3.05, 3.63) is 0 Å². The number of nitrogens with two attached hydrogens (primary N) is 1. The van der Waals surface area contributed by atoms with Crippen LogP contribution in [0.3, 0.4) is 0 Å². The second-order valence-corrected chi connectivity index (χ2v) is 3.45. The highest BCUT2D eigenvalue weighted by atomic mass is 16.5. The van der Waals surface area contributed by atoms with E-state index in [9.17, 15) is 4.79 Å². The van der Waals surface area contributed by atoms with Crippen LogP contribution in [-0.4, -0.2) is 25.5 Å². The third-order valence-corrected chi connectivity index (χ3v) is 2.52. The predicted molar refractivity (Wildman–Crippen MR) is 46.8 cm³/mol. The van der Waals surface area contributed by atoms with Crippen molar-refractivity contribution in [1.29, 1.82) is 0 Å². The first-order chi connectivity index (χ1) is 5.75. The number of rotatable bonds is 3. The van der Waals surface area contributed by atoms with Gasteiger partial charge in [-0.3, -0.25) is 4.79 Å². The van der Waals surface area contributed by atoms with E-state index in [-0.39, 0.29) is 24.3 Å². The Kier molecular flexibility index (Phi) is 3.69. The van der Waals surface area contributed by atoms with Crippen LogP contribution < -0.4 is 5.73 Å². The molecular formula is C9H17NO2. The molecule has 2 unspecified atom stereocenters. The number of hydrogen-bond acceptors (Lipinski definition) is 3. The average Bonchev–Trinajstić information content (AvgIpc) is 2.05. The summed E-state index contributed by atoms with van der Waals surface area (Å²) < 4.78 is 4.80.